The number of carboxylic acid groups (broad SMARTS) is 1. The lowest BCUT2D eigenvalue weighted by Crippen LogP contribution is -2.43. The van der Waals surface area contributed by atoms with Crippen LogP contribution in [0, 0.1) is 0 Å². The zero-order valence-electron chi connectivity index (χ0n) is 11.0. The lowest BCUT2D eigenvalue weighted by Gasteiger charge is -2.21. The molecule has 6 nitrogen and oxygen atoms in total. The molecular weight excluding hydrogens is 318 g/mol. The summed E-state index contributed by atoms with van der Waals surface area (Å²) in [5, 5.41) is 9.41. The summed E-state index contributed by atoms with van der Waals surface area (Å²) in [6, 6.07) is 4.56. The van der Waals surface area contributed by atoms with Crippen LogP contribution in [0.5, 0.6) is 0 Å². The fourth-order valence-corrected chi connectivity index (χ4v) is 3.63. The second kappa shape index (κ2) is 6.03. The number of sulfone groups is 1. The molecule has 8 heteroatoms. The van der Waals surface area contributed by atoms with Crippen LogP contribution < -0.4 is 0 Å². The van der Waals surface area contributed by atoms with Crippen molar-refractivity contribution < 1.29 is 23.1 Å². The number of rotatable bonds is 4. The molecule has 0 spiro atoms. The van der Waals surface area contributed by atoms with Gasteiger partial charge in [-0.2, -0.15) is 0 Å². The summed E-state index contributed by atoms with van der Waals surface area (Å²) in [5.74, 6) is -2.53. The van der Waals surface area contributed by atoms with Gasteiger partial charge in [-0.05, 0) is 37.1 Å². The first kappa shape index (κ1) is 15.8. The van der Waals surface area contributed by atoms with Gasteiger partial charge in [0, 0.05) is 11.6 Å². The Labute approximate surface area is 127 Å². The van der Waals surface area contributed by atoms with Gasteiger partial charge >= 0.3 is 5.97 Å². The summed E-state index contributed by atoms with van der Waals surface area (Å²) in [7, 11) is -3.81. The molecule has 1 aromatic carbocycles. The zero-order chi connectivity index (χ0) is 15.6. The highest BCUT2D eigenvalue weighted by molar-refractivity contribution is 7.92. The second-order valence-electron chi connectivity index (χ2n) is 4.80. The minimum atomic E-state index is -3.81. The topological polar surface area (TPSA) is 91.8 Å². The average molecular weight is 332 g/mol. The molecule has 0 saturated carbocycles. The van der Waals surface area contributed by atoms with E-state index in [9.17, 15) is 18.0 Å². The highest BCUT2D eigenvalue weighted by Crippen LogP contribution is 2.20. The van der Waals surface area contributed by atoms with Gasteiger partial charge in [-0.25, -0.2) is 13.2 Å². The third kappa shape index (κ3) is 3.54. The molecule has 1 amide bonds. The molecule has 114 valence electrons. The van der Waals surface area contributed by atoms with Crippen LogP contribution in [0.1, 0.15) is 12.8 Å². The van der Waals surface area contributed by atoms with Crippen LogP contribution in [0.15, 0.2) is 29.2 Å². The predicted octanol–water partition coefficient (Wildman–Crippen LogP) is 1.19. The van der Waals surface area contributed by atoms with Gasteiger partial charge in [-0.3, -0.25) is 4.79 Å². The third-order valence-corrected chi connectivity index (χ3v) is 5.21. The number of carbonyl (C=O) groups excluding carboxylic acids is 1. The number of aliphatic carboxylic acids is 1. The molecule has 0 unspecified atom stereocenters. The van der Waals surface area contributed by atoms with Crippen LogP contribution in [0.4, 0.5) is 0 Å². The quantitative estimate of drug-likeness (QED) is 0.894. The third-order valence-electron chi connectivity index (χ3n) is 3.34. The van der Waals surface area contributed by atoms with Crippen molar-refractivity contribution in [2.45, 2.75) is 23.8 Å². The fourth-order valence-electron chi connectivity index (χ4n) is 2.29. The van der Waals surface area contributed by atoms with E-state index < -0.39 is 33.5 Å². The Balaban J connectivity index is 2.15. The summed E-state index contributed by atoms with van der Waals surface area (Å²) >= 11 is 5.69. The van der Waals surface area contributed by atoms with E-state index in [1.165, 1.54) is 24.3 Å². The highest BCUT2D eigenvalue weighted by atomic mass is 35.5. The Hall–Kier alpha value is -1.60. The van der Waals surface area contributed by atoms with Gasteiger partial charge in [0.05, 0.1) is 4.90 Å². The molecule has 1 saturated heterocycles. The molecule has 21 heavy (non-hydrogen) atoms. The maximum Gasteiger partial charge on any atom is 0.326 e. The van der Waals surface area contributed by atoms with E-state index in [0.29, 0.717) is 17.9 Å². The summed E-state index contributed by atoms with van der Waals surface area (Å²) < 4.78 is 24.3. The number of amides is 1. The smallest absolute Gasteiger partial charge is 0.326 e. The summed E-state index contributed by atoms with van der Waals surface area (Å²) in [4.78, 5) is 24.2. The summed E-state index contributed by atoms with van der Waals surface area (Å²) in [6.07, 6.45) is 0.908. The molecule has 1 aliphatic rings. The van der Waals surface area contributed by atoms with Crippen LogP contribution in [-0.2, 0) is 19.4 Å². The van der Waals surface area contributed by atoms with Gasteiger partial charge in [-0.1, -0.05) is 11.6 Å². The maximum absolute atomic E-state index is 12.1. The average Bonchev–Trinajstić information content (AvgIpc) is 2.88. The lowest BCUT2D eigenvalue weighted by atomic mass is 10.2. The molecule has 0 aliphatic carbocycles. The molecule has 1 N–H and O–H groups in total. The Morgan fingerprint density at radius 1 is 1.29 bits per heavy atom. The Morgan fingerprint density at radius 2 is 1.90 bits per heavy atom. The van der Waals surface area contributed by atoms with E-state index in [1.807, 2.05) is 0 Å². The molecule has 1 aromatic rings. The SMILES string of the molecule is O=C(O)[C@@H]1CCCN1C(=O)CS(=O)(=O)c1ccc(Cl)cc1. The second-order valence-corrected chi connectivity index (χ2v) is 7.22. The van der Waals surface area contributed by atoms with Crippen molar-refractivity contribution >= 4 is 33.3 Å². The van der Waals surface area contributed by atoms with E-state index in [4.69, 9.17) is 16.7 Å². The van der Waals surface area contributed by atoms with Crippen molar-refractivity contribution in [2.24, 2.45) is 0 Å². The number of likely N-dealkylation sites (tertiary alicyclic amines) is 1. The van der Waals surface area contributed by atoms with Gasteiger partial charge in [0.25, 0.3) is 0 Å². The molecule has 1 aliphatic heterocycles. The lowest BCUT2D eigenvalue weighted by molar-refractivity contribution is -0.147. The molecule has 1 heterocycles. The van der Waals surface area contributed by atoms with Crippen molar-refractivity contribution in [1.29, 1.82) is 0 Å². The number of carboxylic acids is 1. The van der Waals surface area contributed by atoms with Gasteiger partial charge < -0.3 is 10.0 Å². The minimum Gasteiger partial charge on any atom is -0.480 e. The van der Waals surface area contributed by atoms with Gasteiger partial charge in [-0.15, -0.1) is 0 Å². The zero-order valence-corrected chi connectivity index (χ0v) is 12.6. The number of hydrogen-bond acceptors (Lipinski definition) is 4. The van der Waals surface area contributed by atoms with E-state index in [1.54, 1.807) is 0 Å². The number of benzene rings is 1. The van der Waals surface area contributed by atoms with E-state index in [2.05, 4.69) is 0 Å². The Morgan fingerprint density at radius 3 is 2.48 bits per heavy atom. The standard InChI is InChI=1S/C13H14ClNO5S/c14-9-3-5-10(6-4-9)21(19,20)8-12(16)15-7-1-2-11(15)13(17)18/h3-6,11H,1-2,7-8H2,(H,17,18)/t11-/m0/s1. The van der Waals surface area contributed by atoms with Crippen molar-refractivity contribution in [1.82, 2.24) is 4.90 Å². The van der Waals surface area contributed by atoms with E-state index in [0.717, 1.165) is 4.90 Å². The van der Waals surface area contributed by atoms with Crippen LogP contribution in [-0.4, -0.2) is 48.6 Å². The van der Waals surface area contributed by atoms with Crippen molar-refractivity contribution in [3.8, 4) is 0 Å². The van der Waals surface area contributed by atoms with Crippen molar-refractivity contribution in [3.05, 3.63) is 29.3 Å². The fraction of sp³-hybridized carbons (Fsp3) is 0.385. The van der Waals surface area contributed by atoms with Crippen LogP contribution in [0.2, 0.25) is 5.02 Å². The van der Waals surface area contributed by atoms with Crippen molar-refractivity contribution in [3.63, 3.8) is 0 Å². The van der Waals surface area contributed by atoms with E-state index >= 15 is 0 Å². The van der Waals surface area contributed by atoms with E-state index in [-0.39, 0.29) is 11.4 Å². The monoisotopic (exact) mass is 331 g/mol. The minimum absolute atomic E-state index is 0.00804. The van der Waals surface area contributed by atoms with Gasteiger partial charge in [0.2, 0.25) is 5.91 Å². The predicted molar refractivity (Wildman–Crippen MR) is 75.9 cm³/mol. The number of hydrogen-bond donors (Lipinski definition) is 1. The molecule has 1 atom stereocenters. The number of carbonyl (C=O) groups is 2. The first-order chi connectivity index (χ1) is 9.81. The first-order valence-corrected chi connectivity index (χ1v) is 8.35. The molecule has 0 aromatic heterocycles. The number of nitrogens with zero attached hydrogens (tertiary/aromatic N) is 1. The first-order valence-electron chi connectivity index (χ1n) is 6.32. The highest BCUT2D eigenvalue weighted by Gasteiger charge is 2.35. The molecule has 1 fully saturated rings. The molecule has 0 bridgehead atoms. The summed E-state index contributed by atoms with van der Waals surface area (Å²) in [5.41, 5.74) is 0. The largest absolute Gasteiger partial charge is 0.480 e. The Bertz CT molecular complexity index is 656. The summed E-state index contributed by atoms with van der Waals surface area (Å²) in [6.45, 7) is 0.270. The van der Waals surface area contributed by atoms with Gasteiger partial charge in [0.1, 0.15) is 11.8 Å². The van der Waals surface area contributed by atoms with Crippen LogP contribution >= 0.6 is 11.6 Å². The number of halogens is 1. The van der Waals surface area contributed by atoms with Crippen LogP contribution in [0.25, 0.3) is 0 Å². The van der Waals surface area contributed by atoms with Gasteiger partial charge in [0.15, 0.2) is 9.84 Å². The maximum atomic E-state index is 12.1. The van der Waals surface area contributed by atoms with Crippen molar-refractivity contribution in [2.75, 3.05) is 12.3 Å². The normalized spacial score (nSPS) is 18.7. The molecular formula is C13H14ClNO5S. The Kier molecular flexibility index (Phi) is 4.53. The molecule has 2 rings (SSSR count). The molecule has 0 radical (unpaired) electrons. The van der Waals surface area contributed by atoms with Crippen LogP contribution in [0.3, 0.4) is 0 Å².